The molecule has 0 bridgehead atoms. The fourth-order valence-corrected chi connectivity index (χ4v) is 3.38. The number of likely N-dealkylation sites (tertiary alicyclic amines) is 1. The van der Waals surface area contributed by atoms with Crippen LogP contribution in [0.15, 0.2) is 16.6 Å². The predicted molar refractivity (Wildman–Crippen MR) is 84.5 cm³/mol. The van der Waals surface area contributed by atoms with Crippen LogP contribution in [0.2, 0.25) is 5.02 Å². The minimum Gasteiger partial charge on any atom is -0.431 e. The molecule has 1 N–H and O–H groups in total. The minimum absolute atomic E-state index is 0.104. The van der Waals surface area contributed by atoms with Gasteiger partial charge in [-0.3, -0.25) is 0 Å². The maximum absolute atomic E-state index is 12.6. The van der Waals surface area contributed by atoms with Crippen molar-refractivity contribution in [1.82, 2.24) is 4.90 Å². The summed E-state index contributed by atoms with van der Waals surface area (Å²) in [5.41, 5.74) is 0.504. The van der Waals surface area contributed by atoms with Crippen LogP contribution in [0, 0.1) is 0 Å². The van der Waals surface area contributed by atoms with E-state index in [2.05, 4.69) is 37.9 Å². The summed E-state index contributed by atoms with van der Waals surface area (Å²) >= 11 is 9.24. The molecule has 1 aliphatic rings. The van der Waals surface area contributed by atoms with Crippen LogP contribution in [0.25, 0.3) is 0 Å². The second kappa shape index (κ2) is 7.61. The molecule has 1 aromatic rings. The van der Waals surface area contributed by atoms with E-state index < -0.39 is 6.61 Å². The third-order valence-electron chi connectivity index (χ3n) is 3.53. The summed E-state index contributed by atoms with van der Waals surface area (Å²) in [7, 11) is 2.09. The topological polar surface area (TPSA) is 24.5 Å². The number of ether oxygens (including phenoxy) is 1. The quantitative estimate of drug-likeness (QED) is 0.822. The zero-order valence-electron chi connectivity index (χ0n) is 11.7. The van der Waals surface area contributed by atoms with Crippen molar-refractivity contribution >= 4 is 33.2 Å². The van der Waals surface area contributed by atoms with E-state index in [1.165, 1.54) is 0 Å². The lowest BCUT2D eigenvalue weighted by Gasteiger charge is -2.21. The van der Waals surface area contributed by atoms with Crippen molar-refractivity contribution in [2.24, 2.45) is 0 Å². The van der Waals surface area contributed by atoms with Gasteiger partial charge < -0.3 is 15.0 Å². The van der Waals surface area contributed by atoms with E-state index >= 15 is 0 Å². The Kier molecular flexibility index (Phi) is 6.08. The fourth-order valence-electron chi connectivity index (χ4n) is 2.48. The molecular weight excluding hydrogens is 366 g/mol. The second-order valence-corrected chi connectivity index (χ2v) is 6.51. The molecule has 118 valence electrons. The second-order valence-electron chi connectivity index (χ2n) is 5.22. The van der Waals surface area contributed by atoms with E-state index in [4.69, 9.17) is 11.6 Å². The fraction of sp³-hybridized carbons (Fsp3) is 0.571. The number of benzene rings is 1. The molecule has 1 saturated heterocycles. The zero-order chi connectivity index (χ0) is 15.4. The normalized spacial score (nSPS) is 20.4. The predicted octanol–water partition coefficient (Wildman–Crippen LogP) is 4.60. The lowest BCUT2D eigenvalue weighted by atomic mass is 10.1. The largest absolute Gasteiger partial charge is 0.431 e. The summed E-state index contributed by atoms with van der Waals surface area (Å²) in [4.78, 5) is 2.27. The Morgan fingerprint density at radius 3 is 2.86 bits per heavy atom. The standard InChI is InChI=1S/C14H18BrClF2N2O/c1-20-5-2-3-10(4-6-20)19-12-8-9(16)7-11(15)13(12)21-14(17)18/h7-8,10,14,19H,2-6H2,1H3. The van der Waals surface area contributed by atoms with Gasteiger partial charge in [-0.05, 0) is 67.5 Å². The van der Waals surface area contributed by atoms with Gasteiger partial charge in [0.05, 0.1) is 10.2 Å². The highest BCUT2D eigenvalue weighted by molar-refractivity contribution is 9.10. The van der Waals surface area contributed by atoms with Gasteiger partial charge in [-0.1, -0.05) is 11.6 Å². The molecule has 1 unspecified atom stereocenters. The first-order chi connectivity index (χ1) is 9.95. The molecule has 0 spiro atoms. The van der Waals surface area contributed by atoms with Crippen molar-refractivity contribution in [3.63, 3.8) is 0 Å². The van der Waals surface area contributed by atoms with Crippen LogP contribution < -0.4 is 10.1 Å². The summed E-state index contributed by atoms with van der Waals surface area (Å²) in [6.07, 6.45) is 3.01. The van der Waals surface area contributed by atoms with E-state index in [1.54, 1.807) is 12.1 Å². The van der Waals surface area contributed by atoms with Crippen LogP contribution in [0.3, 0.4) is 0 Å². The molecule has 2 rings (SSSR count). The third kappa shape index (κ3) is 4.97. The summed E-state index contributed by atoms with van der Waals surface area (Å²) in [5.74, 6) is 0.104. The third-order valence-corrected chi connectivity index (χ3v) is 4.33. The van der Waals surface area contributed by atoms with Crippen LogP contribution in [0.4, 0.5) is 14.5 Å². The van der Waals surface area contributed by atoms with Crippen LogP contribution >= 0.6 is 27.5 Å². The lowest BCUT2D eigenvalue weighted by molar-refractivity contribution is -0.0499. The Bertz CT molecular complexity index is 490. The molecule has 7 heteroatoms. The summed E-state index contributed by atoms with van der Waals surface area (Å²) in [5, 5.41) is 3.77. The summed E-state index contributed by atoms with van der Waals surface area (Å²) in [6.45, 7) is -0.842. The first-order valence-corrected chi connectivity index (χ1v) is 8.01. The van der Waals surface area contributed by atoms with Crippen LogP contribution in [0.5, 0.6) is 5.75 Å². The average Bonchev–Trinajstić information content (AvgIpc) is 2.58. The Hall–Kier alpha value is -0.590. The molecule has 1 fully saturated rings. The maximum atomic E-state index is 12.6. The highest BCUT2D eigenvalue weighted by Gasteiger charge is 2.19. The van der Waals surface area contributed by atoms with Gasteiger partial charge in [-0.15, -0.1) is 0 Å². The van der Waals surface area contributed by atoms with Gasteiger partial charge in [0.1, 0.15) is 0 Å². The molecule has 3 nitrogen and oxygen atoms in total. The van der Waals surface area contributed by atoms with E-state index in [-0.39, 0.29) is 11.8 Å². The van der Waals surface area contributed by atoms with Gasteiger partial charge in [0.15, 0.2) is 5.75 Å². The van der Waals surface area contributed by atoms with Gasteiger partial charge >= 0.3 is 6.61 Å². The van der Waals surface area contributed by atoms with Crippen molar-refractivity contribution < 1.29 is 13.5 Å². The van der Waals surface area contributed by atoms with E-state index in [0.29, 0.717) is 15.2 Å². The minimum atomic E-state index is -2.87. The van der Waals surface area contributed by atoms with Crippen LogP contribution in [-0.2, 0) is 0 Å². The average molecular weight is 384 g/mol. The molecule has 1 aromatic carbocycles. The van der Waals surface area contributed by atoms with E-state index in [0.717, 1.165) is 32.4 Å². The molecule has 0 aliphatic carbocycles. The highest BCUT2D eigenvalue weighted by Crippen LogP contribution is 2.38. The van der Waals surface area contributed by atoms with Gasteiger partial charge in [-0.25, -0.2) is 0 Å². The van der Waals surface area contributed by atoms with E-state index in [1.807, 2.05) is 0 Å². The summed E-state index contributed by atoms with van der Waals surface area (Å²) < 4.78 is 30.2. The van der Waals surface area contributed by atoms with Gasteiger partial charge in [0, 0.05) is 11.1 Å². The monoisotopic (exact) mass is 382 g/mol. The van der Waals surface area contributed by atoms with Gasteiger partial charge in [-0.2, -0.15) is 8.78 Å². The van der Waals surface area contributed by atoms with Crippen molar-refractivity contribution in [3.8, 4) is 5.75 Å². The first-order valence-electron chi connectivity index (χ1n) is 6.84. The molecule has 0 amide bonds. The van der Waals surface area contributed by atoms with Crippen LogP contribution in [-0.4, -0.2) is 37.7 Å². The number of anilines is 1. The molecule has 0 radical (unpaired) electrons. The van der Waals surface area contributed by atoms with Crippen molar-refractivity contribution in [2.75, 3.05) is 25.5 Å². The molecule has 1 atom stereocenters. The molecule has 21 heavy (non-hydrogen) atoms. The number of hydrogen-bond donors (Lipinski definition) is 1. The number of nitrogens with one attached hydrogen (secondary N) is 1. The first kappa shape index (κ1) is 16.8. The van der Waals surface area contributed by atoms with Crippen molar-refractivity contribution in [1.29, 1.82) is 0 Å². The zero-order valence-corrected chi connectivity index (χ0v) is 14.1. The Morgan fingerprint density at radius 1 is 1.38 bits per heavy atom. The smallest absolute Gasteiger partial charge is 0.387 e. The van der Waals surface area contributed by atoms with Gasteiger partial charge in [0.2, 0.25) is 0 Å². The maximum Gasteiger partial charge on any atom is 0.387 e. The van der Waals surface area contributed by atoms with Crippen LogP contribution in [0.1, 0.15) is 19.3 Å². The summed E-state index contributed by atoms with van der Waals surface area (Å²) in [6, 6.07) is 3.39. The van der Waals surface area contributed by atoms with Gasteiger partial charge in [0.25, 0.3) is 0 Å². The number of alkyl halides is 2. The Balaban J connectivity index is 2.17. The number of nitrogens with zero attached hydrogens (tertiary/aromatic N) is 1. The lowest BCUT2D eigenvalue weighted by Crippen LogP contribution is -2.23. The van der Waals surface area contributed by atoms with Crippen molar-refractivity contribution in [2.45, 2.75) is 31.9 Å². The molecular formula is C14H18BrClF2N2O. The highest BCUT2D eigenvalue weighted by atomic mass is 79.9. The molecule has 1 aliphatic heterocycles. The van der Waals surface area contributed by atoms with E-state index in [9.17, 15) is 8.78 Å². The Morgan fingerprint density at radius 2 is 2.14 bits per heavy atom. The molecule has 0 saturated carbocycles. The number of rotatable bonds is 4. The molecule has 0 aromatic heterocycles. The van der Waals surface area contributed by atoms with Crippen molar-refractivity contribution in [3.05, 3.63) is 21.6 Å². The Labute approximate surface area is 136 Å². The number of halogens is 4. The SMILES string of the molecule is CN1CCCC(Nc2cc(Cl)cc(Br)c2OC(F)F)CC1. The molecule has 1 heterocycles. The number of hydrogen-bond acceptors (Lipinski definition) is 3.